The number of piperidine rings is 1. The van der Waals surface area contributed by atoms with Crippen molar-refractivity contribution in [2.75, 3.05) is 6.54 Å². The molecule has 0 bridgehead atoms. The molecule has 2 fully saturated rings. The number of hydrogen-bond acceptors (Lipinski definition) is 3. The molecule has 2 unspecified atom stereocenters. The van der Waals surface area contributed by atoms with E-state index in [0.717, 1.165) is 50.6 Å². The van der Waals surface area contributed by atoms with E-state index in [-0.39, 0.29) is 17.9 Å². The van der Waals surface area contributed by atoms with E-state index in [2.05, 4.69) is 0 Å². The molecule has 4 nitrogen and oxygen atoms in total. The van der Waals surface area contributed by atoms with Crippen LogP contribution in [0.5, 0.6) is 0 Å². The molecule has 1 aromatic rings. The summed E-state index contributed by atoms with van der Waals surface area (Å²) < 4.78 is 5.37. The van der Waals surface area contributed by atoms with Gasteiger partial charge in [0, 0.05) is 30.5 Å². The second-order valence-electron chi connectivity index (χ2n) is 6.31. The zero-order valence-corrected chi connectivity index (χ0v) is 12.6. The summed E-state index contributed by atoms with van der Waals surface area (Å²) in [6, 6.07) is 1.89. The summed E-state index contributed by atoms with van der Waals surface area (Å²) in [4.78, 5) is 26.9. The van der Waals surface area contributed by atoms with E-state index in [1.54, 1.807) is 6.26 Å². The number of hydrogen-bond donors (Lipinski definition) is 0. The molecule has 2 aliphatic rings. The number of furan rings is 1. The van der Waals surface area contributed by atoms with Crippen LogP contribution in [0.15, 0.2) is 16.7 Å². The Morgan fingerprint density at radius 3 is 2.76 bits per heavy atom. The average molecular weight is 289 g/mol. The first-order chi connectivity index (χ1) is 10.2. The van der Waals surface area contributed by atoms with E-state index in [0.29, 0.717) is 18.0 Å². The second kappa shape index (κ2) is 6.04. The van der Waals surface area contributed by atoms with Crippen molar-refractivity contribution >= 4 is 11.7 Å². The Kier molecular flexibility index (Phi) is 4.13. The van der Waals surface area contributed by atoms with Crippen LogP contribution in [-0.2, 0) is 4.79 Å². The van der Waals surface area contributed by atoms with Gasteiger partial charge in [0.15, 0.2) is 5.76 Å². The van der Waals surface area contributed by atoms with Gasteiger partial charge in [-0.3, -0.25) is 9.59 Å². The smallest absolute Gasteiger partial charge is 0.290 e. The molecule has 114 valence electrons. The quantitative estimate of drug-likeness (QED) is 0.839. The van der Waals surface area contributed by atoms with Gasteiger partial charge >= 0.3 is 0 Å². The fraction of sp³-hybridized carbons (Fsp3) is 0.647. The van der Waals surface area contributed by atoms with E-state index >= 15 is 0 Å². The standard InChI is InChI=1S/C17H23NO3/c1-12-9-11-21-16(12)17(20)18-10-5-4-7-14(18)13-6-2-3-8-15(13)19/h9,11,13-14H,2-8,10H2,1H3. The van der Waals surface area contributed by atoms with Crippen molar-refractivity contribution in [1.82, 2.24) is 4.90 Å². The monoisotopic (exact) mass is 289 g/mol. The van der Waals surface area contributed by atoms with Gasteiger partial charge in [0.25, 0.3) is 5.91 Å². The zero-order chi connectivity index (χ0) is 14.8. The summed E-state index contributed by atoms with van der Waals surface area (Å²) in [5, 5.41) is 0. The van der Waals surface area contributed by atoms with E-state index in [4.69, 9.17) is 4.42 Å². The molecule has 1 aliphatic carbocycles. The molecule has 2 atom stereocenters. The number of carbonyl (C=O) groups excluding carboxylic acids is 2. The third kappa shape index (κ3) is 2.76. The van der Waals surface area contributed by atoms with Gasteiger partial charge in [0.2, 0.25) is 0 Å². The van der Waals surface area contributed by atoms with Crippen molar-refractivity contribution < 1.29 is 14.0 Å². The summed E-state index contributed by atoms with van der Waals surface area (Å²) in [6.07, 6.45) is 8.36. The van der Waals surface area contributed by atoms with Gasteiger partial charge in [-0.15, -0.1) is 0 Å². The molecule has 0 aromatic carbocycles. The van der Waals surface area contributed by atoms with Crippen LogP contribution in [0.25, 0.3) is 0 Å². The zero-order valence-electron chi connectivity index (χ0n) is 12.6. The lowest BCUT2D eigenvalue weighted by molar-refractivity contribution is -0.127. The molecular formula is C17H23NO3. The Balaban J connectivity index is 1.82. The Labute approximate surface area is 125 Å². The van der Waals surface area contributed by atoms with Gasteiger partial charge < -0.3 is 9.32 Å². The lowest BCUT2D eigenvalue weighted by atomic mass is 9.79. The van der Waals surface area contributed by atoms with E-state index < -0.39 is 0 Å². The number of amides is 1. The maximum absolute atomic E-state index is 12.8. The normalized spacial score (nSPS) is 26.9. The predicted octanol–water partition coefficient (Wildman–Crippen LogP) is 3.34. The number of Topliss-reactive ketones (excluding diaryl/α,β-unsaturated/α-hetero) is 1. The highest BCUT2D eigenvalue weighted by Crippen LogP contribution is 2.32. The number of likely N-dealkylation sites (tertiary alicyclic amines) is 1. The highest BCUT2D eigenvalue weighted by Gasteiger charge is 2.38. The predicted molar refractivity (Wildman–Crippen MR) is 79.1 cm³/mol. The molecule has 1 aromatic heterocycles. The first kappa shape index (κ1) is 14.4. The molecule has 4 heteroatoms. The lowest BCUT2D eigenvalue weighted by Gasteiger charge is -2.40. The third-order valence-electron chi connectivity index (χ3n) is 4.93. The molecule has 0 radical (unpaired) electrons. The van der Waals surface area contributed by atoms with Crippen LogP contribution >= 0.6 is 0 Å². The molecule has 2 heterocycles. The maximum Gasteiger partial charge on any atom is 0.290 e. The highest BCUT2D eigenvalue weighted by atomic mass is 16.3. The molecule has 1 amide bonds. The van der Waals surface area contributed by atoms with Crippen molar-refractivity contribution in [1.29, 1.82) is 0 Å². The molecule has 1 aliphatic heterocycles. The van der Waals surface area contributed by atoms with Crippen LogP contribution in [0.1, 0.15) is 61.1 Å². The van der Waals surface area contributed by atoms with E-state index in [9.17, 15) is 9.59 Å². The van der Waals surface area contributed by atoms with E-state index in [1.165, 1.54) is 0 Å². The van der Waals surface area contributed by atoms with E-state index in [1.807, 2.05) is 17.9 Å². The number of nitrogens with zero attached hydrogens (tertiary/aromatic N) is 1. The molecule has 0 spiro atoms. The van der Waals surface area contributed by atoms with Crippen LogP contribution in [0, 0.1) is 12.8 Å². The Morgan fingerprint density at radius 1 is 1.24 bits per heavy atom. The van der Waals surface area contributed by atoms with Crippen molar-refractivity contribution in [2.24, 2.45) is 5.92 Å². The first-order valence-corrected chi connectivity index (χ1v) is 8.06. The van der Waals surface area contributed by atoms with Gasteiger partial charge in [0.05, 0.1) is 6.26 Å². The molecular weight excluding hydrogens is 266 g/mol. The summed E-state index contributed by atoms with van der Waals surface area (Å²) in [6.45, 7) is 2.63. The van der Waals surface area contributed by atoms with Crippen LogP contribution in [0.3, 0.4) is 0 Å². The molecule has 21 heavy (non-hydrogen) atoms. The van der Waals surface area contributed by atoms with Crippen LogP contribution < -0.4 is 0 Å². The number of carbonyl (C=O) groups is 2. The van der Waals surface area contributed by atoms with Crippen LogP contribution in [-0.4, -0.2) is 29.2 Å². The van der Waals surface area contributed by atoms with Gasteiger partial charge in [0.1, 0.15) is 5.78 Å². The summed E-state index contributed by atoms with van der Waals surface area (Å²) in [5.41, 5.74) is 0.874. The highest BCUT2D eigenvalue weighted by molar-refractivity contribution is 5.93. The molecule has 3 rings (SSSR count). The summed E-state index contributed by atoms with van der Waals surface area (Å²) in [5.74, 6) is 0.783. The van der Waals surface area contributed by atoms with Gasteiger partial charge in [-0.1, -0.05) is 6.42 Å². The Morgan fingerprint density at radius 2 is 2.05 bits per heavy atom. The van der Waals surface area contributed by atoms with Gasteiger partial charge in [-0.2, -0.15) is 0 Å². The number of rotatable bonds is 2. The number of aryl methyl sites for hydroxylation is 1. The second-order valence-corrected chi connectivity index (χ2v) is 6.31. The van der Waals surface area contributed by atoms with Crippen molar-refractivity contribution in [3.8, 4) is 0 Å². The molecule has 0 N–H and O–H groups in total. The van der Waals surface area contributed by atoms with Crippen LogP contribution in [0.2, 0.25) is 0 Å². The van der Waals surface area contributed by atoms with Crippen LogP contribution in [0.4, 0.5) is 0 Å². The Hall–Kier alpha value is -1.58. The molecule has 1 saturated carbocycles. The average Bonchev–Trinajstić information content (AvgIpc) is 2.93. The molecule has 1 saturated heterocycles. The van der Waals surface area contributed by atoms with Crippen molar-refractivity contribution in [3.63, 3.8) is 0 Å². The number of ketones is 1. The summed E-state index contributed by atoms with van der Waals surface area (Å²) >= 11 is 0. The lowest BCUT2D eigenvalue weighted by Crippen LogP contribution is -2.50. The minimum atomic E-state index is -0.0411. The SMILES string of the molecule is Cc1ccoc1C(=O)N1CCCCC1C1CCCCC1=O. The minimum Gasteiger partial charge on any atom is -0.459 e. The maximum atomic E-state index is 12.8. The summed E-state index contributed by atoms with van der Waals surface area (Å²) in [7, 11) is 0. The fourth-order valence-corrected chi connectivity index (χ4v) is 3.77. The van der Waals surface area contributed by atoms with Gasteiger partial charge in [-0.05, 0) is 45.1 Å². The van der Waals surface area contributed by atoms with Gasteiger partial charge in [-0.25, -0.2) is 0 Å². The fourth-order valence-electron chi connectivity index (χ4n) is 3.77. The minimum absolute atomic E-state index is 0.0401. The topological polar surface area (TPSA) is 50.5 Å². The van der Waals surface area contributed by atoms with Crippen molar-refractivity contribution in [2.45, 2.75) is 57.9 Å². The first-order valence-electron chi connectivity index (χ1n) is 8.06. The third-order valence-corrected chi connectivity index (χ3v) is 4.93. The Bertz CT molecular complexity index is 534. The largest absolute Gasteiger partial charge is 0.459 e. The van der Waals surface area contributed by atoms with Crippen molar-refractivity contribution in [3.05, 3.63) is 23.7 Å².